The number of hydrogen-bond donors (Lipinski definition) is 0. The Morgan fingerprint density at radius 3 is 2.62 bits per heavy atom. The fourth-order valence-electron chi connectivity index (χ4n) is 1.51. The number of hydrogen-bond acceptors (Lipinski definition) is 2. The Morgan fingerprint density at radius 2 is 2.00 bits per heavy atom. The van der Waals surface area contributed by atoms with Crippen LogP contribution in [0.25, 0.3) is 10.8 Å². The van der Waals surface area contributed by atoms with Crippen LogP contribution in [0, 0.1) is 0 Å². The molecule has 0 N–H and O–H groups in total. The second-order valence-corrected chi connectivity index (χ2v) is 3.25. The molecule has 0 bridgehead atoms. The molecule has 1 aromatic carbocycles. The summed E-state index contributed by atoms with van der Waals surface area (Å²) in [4.78, 5) is 3.78. The summed E-state index contributed by atoms with van der Waals surface area (Å²) >= 11 is 0. The fraction of sp³-hybridized carbons (Fsp3) is 0.182. The van der Waals surface area contributed by atoms with Gasteiger partial charge in [0, 0.05) is 17.6 Å². The van der Waals surface area contributed by atoms with Crippen molar-refractivity contribution in [2.75, 3.05) is 7.11 Å². The number of halogens is 3. The molecule has 0 spiro atoms. The van der Waals surface area contributed by atoms with Crippen molar-refractivity contribution in [3.8, 4) is 5.88 Å². The van der Waals surface area contributed by atoms with Crippen LogP contribution in [0.5, 0.6) is 5.88 Å². The number of ether oxygens (including phenoxy) is 1. The molecule has 0 fully saturated rings. The first-order valence-electron chi connectivity index (χ1n) is 4.52. The van der Waals surface area contributed by atoms with E-state index in [0.29, 0.717) is 11.3 Å². The summed E-state index contributed by atoms with van der Waals surface area (Å²) in [7, 11) is 1.42. The quantitative estimate of drug-likeness (QED) is 0.745. The van der Waals surface area contributed by atoms with Crippen molar-refractivity contribution >= 4 is 10.8 Å². The minimum Gasteiger partial charge on any atom is -0.481 e. The minimum absolute atomic E-state index is 0.0794. The van der Waals surface area contributed by atoms with Crippen LogP contribution in [0.2, 0.25) is 0 Å². The van der Waals surface area contributed by atoms with Gasteiger partial charge >= 0.3 is 6.18 Å². The van der Waals surface area contributed by atoms with Gasteiger partial charge in [-0.2, -0.15) is 13.2 Å². The lowest BCUT2D eigenvalue weighted by molar-refractivity contribution is -0.136. The summed E-state index contributed by atoms with van der Waals surface area (Å²) in [6.07, 6.45) is -3.19. The van der Waals surface area contributed by atoms with Crippen molar-refractivity contribution in [2.45, 2.75) is 6.18 Å². The van der Waals surface area contributed by atoms with Crippen LogP contribution in [0.3, 0.4) is 0 Å². The maximum absolute atomic E-state index is 12.6. The second-order valence-electron chi connectivity index (χ2n) is 3.25. The first-order valence-corrected chi connectivity index (χ1v) is 4.52. The number of benzene rings is 1. The molecule has 0 unspecified atom stereocenters. The largest absolute Gasteiger partial charge is 0.481 e. The molecular weight excluding hydrogens is 219 g/mol. The van der Waals surface area contributed by atoms with E-state index in [-0.39, 0.29) is 5.39 Å². The van der Waals surface area contributed by atoms with Gasteiger partial charge in [-0.25, -0.2) is 4.98 Å². The summed E-state index contributed by atoms with van der Waals surface area (Å²) in [5.41, 5.74) is -0.680. The first-order chi connectivity index (χ1) is 7.52. The summed E-state index contributed by atoms with van der Waals surface area (Å²) in [5.74, 6) is 0.298. The third-order valence-electron chi connectivity index (χ3n) is 2.25. The maximum atomic E-state index is 12.6. The van der Waals surface area contributed by atoms with Gasteiger partial charge < -0.3 is 4.74 Å². The van der Waals surface area contributed by atoms with E-state index in [1.54, 1.807) is 6.07 Å². The molecule has 0 saturated carbocycles. The molecule has 1 aromatic heterocycles. The molecule has 0 aliphatic carbocycles. The molecule has 84 valence electrons. The monoisotopic (exact) mass is 227 g/mol. The van der Waals surface area contributed by atoms with Gasteiger partial charge in [0.1, 0.15) is 0 Å². The molecule has 2 aromatic rings. The molecule has 0 aliphatic rings. The van der Waals surface area contributed by atoms with E-state index in [2.05, 4.69) is 4.98 Å². The van der Waals surface area contributed by atoms with Gasteiger partial charge in [-0.05, 0) is 11.5 Å². The zero-order valence-corrected chi connectivity index (χ0v) is 8.38. The zero-order valence-electron chi connectivity index (χ0n) is 8.38. The summed E-state index contributed by atoms with van der Waals surface area (Å²) in [6.45, 7) is 0. The highest BCUT2D eigenvalue weighted by molar-refractivity contribution is 5.86. The lowest BCUT2D eigenvalue weighted by Gasteiger charge is -2.10. The van der Waals surface area contributed by atoms with Crippen LogP contribution in [0.15, 0.2) is 30.5 Å². The number of aromatic nitrogens is 1. The van der Waals surface area contributed by atoms with Gasteiger partial charge in [0.25, 0.3) is 0 Å². The normalized spacial score (nSPS) is 11.8. The van der Waals surface area contributed by atoms with E-state index < -0.39 is 11.7 Å². The van der Waals surface area contributed by atoms with Crippen molar-refractivity contribution in [3.05, 3.63) is 36.0 Å². The highest BCUT2D eigenvalue weighted by atomic mass is 19.4. The number of rotatable bonds is 1. The molecule has 16 heavy (non-hydrogen) atoms. The lowest BCUT2D eigenvalue weighted by Crippen LogP contribution is -2.05. The molecule has 0 atom stereocenters. The highest BCUT2D eigenvalue weighted by Crippen LogP contribution is 2.34. The average Bonchev–Trinajstić information content (AvgIpc) is 2.26. The molecule has 0 saturated heterocycles. The van der Waals surface area contributed by atoms with E-state index in [1.165, 1.54) is 25.4 Å². The number of fused-ring (bicyclic) bond motifs is 1. The molecule has 2 nitrogen and oxygen atoms in total. The second kappa shape index (κ2) is 3.66. The molecule has 1 heterocycles. The maximum Gasteiger partial charge on any atom is 0.417 e. The van der Waals surface area contributed by atoms with E-state index in [1.807, 2.05) is 0 Å². The Labute approximate surface area is 89.7 Å². The summed E-state index contributed by atoms with van der Waals surface area (Å²) in [5, 5.41) is 0.539. The van der Waals surface area contributed by atoms with E-state index in [0.717, 1.165) is 6.07 Å². The molecule has 0 radical (unpaired) electrons. The first kappa shape index (κ1) is 10.7. The highest BCUT2D eigenvalue weighted by Gasteiger charge is 2.32. The van der Waals surface area contributed by atoms with Crippen LogP contribution < -0.4 is 4.74 Å². The Kier molecular flexibility index (Phi) is 2.46. The number of pyridine rings is 1. The predicted octanol–water partition coefficient (Wildman–Crippen LogP) is 3.26. The average molecular weight is 227 g/mol. The summed E-state index contributed by atoms with van der Waals surface area (Å²) < 4.78 is 42.8. The predicted molar refractivity (Wildman–Crippen MR) is 53.3 cm³/mol. The molecule has 0 amide bonds. The smallest absolute Gasteiger partial charge is 0.417 e. The number of alkyl halides is 3. The summed E-state index contributed by atoms with van der Waals surface area (Å²) in [6, 6.07) is 5.47. The van der Waals surface area contributed by atoms with Gasteiger partial charge in [0.15, 0.2) is 0 Å². The minimum atomic E-state index is -4.37. The topological polar surface area (TPSA) is 22.1 Å². The standard InChI is InChI=1S/C11H8F3NO/c1-16-10-5-7-3-2-4-9(11(12,13)14)8(7)6-15-10/h2-6H,1H3. The molecule has 2 rings (SSSR count). The fourth-order valence-corrected chi connectivity index (χ4v) is 1.51. The zero-order chi connectivity index (χ0) is 11.8. The van der Waals surface area contributed by atoms with Crippen LogP contribution in [-0.4, -0.2) is 12.1 Å². The Balaban J connectivity index is 2.70. The van der Waals surface area contributed by atoms with Gasteiger partial charge in [-0.1, -0.05) is 12.1 Å². The van der Waals surface area contributed by atoms with Gasteiger partial charge in [0.2, 0.25) is 5.88 Å². The van der Waals surface area contributed by atoms with Gasteiger partial charge in [0.05, 0.1) is 12.7 Å². The van der Waals surface area contributed by atoms with Crippen LogP contribution in [0.4, 0.5) is 13.2 Å². The van der Waals surface area contributed by atoms with Crippen molar-refractivity contribution < 1.29 is 17.9 Å². The third kappa shape index (κ3) is 1.80. The Bertz CT molecular complexity index is 522. The van der Waals surface area contributed by atoms with Crippen LogP contribution in [0.1, 0.15) is 5.56 Å². The Hall–Kier alpha value is -1.78. The van der Waals surface area contributed by atoms with Crippen molar-refractivity contribution in [1.29, 1.82) is 0 Å². The van der Waals surface area contributed by atoms with Crippen molar-refractivity contribution in [3.63, 3.8) is 0 Å². The third-order valence-corrected chi connectivity index (χ3v) is 2.25. The van der Waals surface area contributed by atoms with Gasteiger partial charge in [-0.3, -0.25) is 0 Å². The number of nitrogens with zero attached hydrogens (tertiary/aromatic N) is 1. The Morgan fingerprint density at radius 1 is 1.25 bits per heavy atom. The number of methoxy groups -OCH3 is 1. The van der Waals surface area contributed by atoms with E-state index in [4.69, 9.17) is 4.74 Å². The van der Waals surface area contributed by atoms with Gasteiger partial charge in [-0.15, -0.1) is 0 Å². The molecular formula is C11H8F3NO. The van der Waals surface area contributed by atoms with Crippen LogP contribution in [-0.2, 0) is 6.18 Å². The molecule has 5 heteroatoms. The lowest BCUT2D eigenvalue weighted by atomic mass is 10.1. The van der Waals surface area contributed by atoms with Crippen molar-refractivity contribution in [1.82, 2.24) is 4.98 Å². The molecule has 0 aliphatic heterocycles. The van der Waals surface area contributed by atoms with E-state index in [9.17, 15) is 13.2 Å². The van der Waals surface area contributed by atoms with Crippen molar-refractivity contribution in [2.24, 2.45) is 0 Å². The van der Waals surface area contributed by atoms with E-state index >= 15 is 0 Å². The van der Waals surface area contributed by atoms with Crippen LogP contribution >= 0.6 is 0 Å². The SMILES string of the molecule is COc1cc2cccc(C(F)(F)F)c2cn1.